The lowest BCUT2D eigenvalue weighted by Crippen LogP contribution is -2.60. The van der Waals surface area contributed by atoms with Crippen LogP contribution in [0.15, 0.2) is 12.1 Å². The first-order valence-electron chi connectivity index (χ1n) is 18.7. The number of nitrogen functional groups attached to an aromatic ring is 1. The van der Waals surface area contributed by atoms with Gasteiger partial charge in [-0.15, -0.1) is 11.3 Å². The second kappa shape index (κ2) is 13.7. The van der Waals surface area contributed by atoms with E-state index in [0.717, 1.165) is 30.7 Å². The number of fused-ring (bicyclic) bond motifs is 2. The summed E-state index contributed by atoms with van der Waals surface area (Å²) < 4.78 is 65.6. The molecule has 7 heterocycles. The van der Waals surface area contributed by atoms with Crippen molar-refractivity contribution in [2.75, 3.05) is 70.2 Å². The van der Waals surface area contributed by atoms with Gasteiger partial charge in [0.1, 0.15) is 47.1 Å². The summed E-state index contributed by atoms with van der Waals surface area (Å²) in [7, 11) is 1.64. The van der Waals surface area contributed by atoms with E-state index in [1.807, 2.05) is 17.9 Å². The van der Waals surface area contributed by atoms with Crippen molar-refractivity contribution in [3.8, 4) is 29.0 Å². The third kappa shape index (κ3) is 5.88. The largest absolute Gasteiger partial charge is 0.486 e. The molecule has 55 heavy (non-hydrogen) atoms. The number of hydrogen-bond acceptors (Lipinski definition) is 11. The number of rotatable bonds is 6. The van der Waals surface area contributed by atoms with Crippen molar-refractivity contribution in [1.29, 1.82) is 5.26 Å². The van der Waals surface area contributed by atoms with Crippen LogP contribution in [0.25, 0.3) is 32.1 Å². The van der Waals surface area contributed by atoms with Gasteiger partial charge in [-0.1, -0.05) is 17.7 Å². The van der Waals surface area contributed by atoms with E-state index in [1.165, 1.54) is 12.1 Å². The summed E-state index contributed by atoms with van der Waals surface area (Å²) in [6.07, 6.45) is 1.86. The Bertz CT molecular complexity index is 2260. The summed E-state index contributed by atoms with van der Waals surface area (Å²) in [6.45, 7) is 5.62. The Labute approximate surface area is 324 Å². The van der Waals surface area contributed by atoms with E-state index in [-0.39, 0.29) is 84.2 Å². The highest BCUT2D eigenvalue weighted by Gasteiger charge is 2.49. The second-order valence-corrected chi connectivity index (χ2v) is 16.8. The van der Waals surface area contributed by atoms with Crippen LogP contribution in [0.2, 0.25) is 5.02 Å². The van der Waals surface area contributed by atoms with Crippen LogP contribution in [0.5, 0.6) is 11.8 Å². The number of piperidine rings is 1. The summed E-state index contributed by atoms with van der Waals surface area (Å²) in [5.41, 5.74) is 5.57. The molecule has 0 unspecified atom stereocenters. The zero-order chi connectivity index (χ0) is 38.3. The molecule has 2 amide bonds. The smallest absolute Gasteiger partial charge is 0.320 e. The minimum absolute atomic E-state index is 0.0178. The Balaban J connectivity index is 1.16. The van der Waals surface area contributed by atoms with Crippen LogP contribution in [0, 0.1) is 23.0 Å². The number of nitriles is 1. The number of aromatic nitrogens is 2. The van der Waals surface area contributed by atoms with Crippen LogP contribution in [0.3, 0.4) is 0 Å². The van der Waals surface area contributed by atoms with Crippen molar-refractivity contribution in [1.82, 2.24) is 24.7 Å². The van der Waals surface area contributed by atoms with Crippen molar-refractivity contribution >= 4 is 60.8 Å². The summed E-state index contributed by atoms with van der Waals surface area (Å²) in [6, 6.07) is 4.42. The predicted molar refractivity (Wildman–Crippen MR) is 203 cm³/mol. The number of urea groups is 1. The molecule has 2 aromatic carbocycles. The van der Waals surface area contributed by atoms with Crippen LogP contribution in [-0.2, 0) is 4.74 Å². The van der Waals surface area contributed by atoms with Crippen LogP contribution >= 0.6 is 22.9 Å². The number of benzene rings is 2. The maximum Gasteiger partial charge on any atom is 0.320 e. The van der Waals surface area contributed by atoms with Gasteiger partial charge in [0.15, 0.2) is 11.6 Å². The topological polar surface area (TPSA) is 133 Å². The number of amides is 2. The maximum atomic E-state index is 17.5. The second-order valence-electron chi connectivity index (χ2n) is 15.3. The van der Waals surface area contributed by atoms with Crippen molar-refractivity contribution in [3.63, 3.8) is 0 Å². The highest BCUT2D eigenvalue weighted by molar-refractivity contribution is 7.23. The number of hydrogen-bond donors (Lipinski definition) is 1. The number of thiophene rings is 1. The molecule has 4 fully saturated rings. The number of methoxy groups -OCH3 is 1. The molecule has 4 aromatic rings. The predicted octanol–water partition coefficient (Wildman–Crippen LogP) is 6.35. The minimum atomic E-state index is -0.970. The first-order chi connectivity index (χ1) is 26.5. The number of nitrogens with zero attached hydrogens (tertiary/aromatic N) is 7. The summed E-state index contributed by atoms with van der Waals surface area (Å²) in [5.74, 6) is -0.905. The number of anilines is 2. The molecule has 5 aliphatic heterocycles. The van der Waals surface area contributed by atoms with Crippen LogP contribution in [0.4, 0.5) is 28.8 Å². The molecule has 2 aromatic heterocycles. The third-order valence-corrected chi connectivity index (χ3v) is 13.4. The Kier molecular flexibility index (Phi) is 9.06. The normalized spacial score (nSPS) is 24.6. The van der Waals surface area contributed by atoms with Gasteiger partial charge < -0.3 is 34.6 Å². The van der Waals surface area contributed by atoms with Gasteiger partial charge in [0.25, 0.3) is 0 Å². The molecular weight excluding hydrogens is 757 g/mol. The fourth-order valence-electron chi connectivity index (χ4n) is 9.25. The molecule has 290 valence electrons. The molecule has 12 nitrogen and oxygen atoms in total. The number of likely N-dealkylation sites (tertiary alicyclic amines) is 2. The van der Waals surface area contributed by atoms with Crippen molar-refractivity contribution in [3.05, 3.63) is 34.4 Å². The lowest BCUT2D eigenvalue weighted by Gasteiger charge is -2.44. The van der Waals surface area contributed by atoms with Crippen LogP contribution in [0.1, 0.15) is 44.6 Å². The zero-order valence-corrected chi connectivity index (χ0v) is 32.0. The highest BCUT2D eigenvalue weighted by Crippen LogP contribution is 2.52. The number of nitrogens with two attached hydrogens (primary N) is 1. The Hall–Kier alpha value is -4.30. The first kappa shape index (κ1) is 36.3. The van der Waals surface area contributed by atoms with Crippen LogP contribution < -0.4 is 20.1 Å². The average Bonchev–Trinajstić information content (AvgIpc) is 3.77. The van der Waals surface area contributed by atoms with Crippen LogP contribution in [-0.4, -0.2) is 120 Å². The summed E-state index contributed by atoms with van der Waals surface area (Å²) >= 11 is 8.06. The lowest BCUT2D eigenvalue weighted by molar-refractivity contribution is -0.0168. The molecule has 4 saturated heterocycles. The number of halogens is 4. The molecular formula is C38H40ClF3N8O4S. The lowest BCUT2D eigenvalue weighted by atomic mass is 9.95. The summed E-state index contributed by atoms with van der Waals surface area (Å²) in [4.78, 5) is 30.7. The van der Waals surface area contributed by atoms with E-state index < -0.39 is 29.4 Å². The monoisotopic (exact) mass is 796 g/mol. The molecule has 0 spiro atoms. The first-order valence-corrected chi connectivity index (χ1v) is 19.8. The van der Waals surface area contributed by atoms with Gasteiger partial charge in [0, 0.05) is 50.2 Å². The molecule has 3 atom stereocenters. The van der Waals surface area contributed by atoms with Crippen molar-refractivity contribution in [2.45, 2.75) is 69.0 Å². The SMILES string of the molecule is COC1CN(C(=O)N2CCC(N3C[C@H](C)Oc4c(Cl)c(-c5ccc(F)c6sc(N)c(C#N)c56)c(F)c5nc(OC[C@@]67CCCN6C[C@H](F)C7)nc3c45)CC2)C1. The number of carbonyl (C=O) groups excluding carboxylic acids is 1. The van der Waals surface area contributed by atoms with Crippen molar-refractivity contribution < 1.29 is 32.2 Å². The van der Waals surface area contributed by atoms with Gasteiger partial charge in [-0.3, -0.25) is 4.90 Å². The maximum absolute atomic E-state index is 17.5. The molecule has 5 aliphatic rings. The molecule has 0 radical (unpaired) electrons. The van der Waals surface area contributed by atoms with Gasteiger partial charge >= 0.3 is 12.0 Å². The van der Waals surface area contributed by atoms with Gasteiger partial charge in [-0.2, -0.15) is 15.2 Å². The summed E-state index contributed by atoms with van der Waals surface area (Å²) in [5, 5.41) is 10.4. The van der Waals surface area contributed by atoms with E-state index in [2.05, 4.69) is 14.8 Å². The standard InChI is InChI=1S/C38H40ClF3N8O4S/c1-19-14-50(21-6-10-47(11-7-21)37(51)48-16-22(17-48)52-2)35-28-31(45-36(46-35)53-18-38-8-3-9-49(38)15-20(40)12-38)30(42)27(29(39)32(28)54-19)23-4-5-25(41)33-26(23)24(13-43)34(44)55-33/h4-5,19-22H,3,6-12,14-18,44H2,1-2H3/t19-,20+,38-/m0/s1. The van der Waals surface area contributed by atoms with E-state index in [9.17, 15) is 14.4 Å². The molecule has 17 heteroatoms. The minimum Gasteiger partial charge on any atom is -0.486 e. The molecule has 2 N–H and O–H groups in total. The fraction of sp³-hybridized carbons (Fsp3) is 0.526. The van der Waals surface area contributed by atoms with E-state index in [4.69, 9.17) is 36.5 Å². The van der Waals surface area contributed by atoms with E-state index in [1.54, 1.807) is 12.0 Å². The van der Waals surface area contributed by atoms with E-state index >= 15 is 8.78 Å². The number of alkyl halides is 1. The third-order valence-electron chi connectivity index (χ3n) is 12.0. The van der Waals surface area contributed by atoms with Gasteiger partial charge in [-0.25, -0.2) is 18.0 Å². The van der Waals surface area contributed by atoms with Gasteiger partial charge in [-0.05, 0) is 50.8 Å². The number of ether oxygens (including phenoxy) is 3. The Morgan fingerprint density at radius 2 is 1.93 bits per heavy atom. The quantitative estimate of drug-likeness (QED) is 0.235. The average molecular weight is 797 g/mol. The molecule has 0 aliphatic carbocycles. The highest BCUT2D eigenvalue weighted by atomic mass is 35.5. The molecule has 0 saturated carbocycles. The molecule has 9 rings (SSSR count). The van der Waals surface area contributed by atoms with Crippen molar-refractivity contribution in [2.24, 2.45) is 0 Å². The molecule has 0 bridgehead atoms. The number of carbonyl (C=O) groups is 1. The van der Waals surface area contributed by atoms with Gasteiger partial charge in [0.05, 0.1) is 51.9 Å². The zero-order valence-electron chi connectivity index (χ0n) is 30.4. The Morgan fingerprint density at radius 1 is 1.15 bits per heavy atom. The Morgan fingerprint density at radius 3 is 2.67 bits per heavy atom. The fourth-order valence-corrected chi connectivity index (χ4v) is 10.5. The van der Waals surface area contributed by atoms with Gasteiger partial charge in [0.2, 0.25) is 0 Å². The van der Waals surface area contributed by atoms with E-state index in [0.29, 0.717) is 64.3 Å².